The fourth-order valence-electron chi connectivity index (χ4n) is 8.18. The fraction of sp³-hybridized carbons (Fsp3) is 0.714. The van der Waals surface area contributed by atoms with Crippen LogP contribution in [0.5, 0.6) is 11.5 Å². The minimum absolute atomic E-state index is 0.0603. The van der Waals surface area contributed by atoms with Gasteiger partial charge in [0.15, 0.2) is 11.5 Å². The average Bonchev–Trinajstić information content (AvgIpc) is 2.82. The van der Waals surface area contributed by atoms with Gasteiger partial charge in [0.05, 0.1) is 7.11 Å². The molecule has 4 fully saturated rings. The van der Waals surface area contributed by atoms with Crippen LogP contribution in [0.25, 0.3) is 0 Å². The molecule has 7 unspecified atom stereocenters. The first kappa shape index (κ1) is 24.4. The summed E-state index contributed by atoms with van der Waals surface area (Å²) in [5, 5.41) is 9.84. The average molecular weight is 486 g/mol. The molecule has 2 bridgehead atoms. The molecule has 2 saturated carbocycles. The van der Waals surface area contributed by atoms with E-state index in [1.54, 1.807) is 18.2 Å². The van der Waals surface area contributed by atoms with Crippen LogP contribution in [0.2, 0.25) is 0 Å². The van der Waals surface area contributed by atoms with Gasteiger partial charge in [-0.1, -0.05) is 13.0 Å². The normalized spacial score (nSPS) is 36.1. The summed E-state index contributed by atoms with van der Waals surface area (Å²) >= 11 is 0. The van der Waals surface area contributed by atoms with Gasteiger partial charge in [-0.2, -0.15) is 0 Å². The zero-order valence-electron chi connectivity index (χ0n) is 21.2. The molecule has 5 rings (SSSR count). The molecule has 1 aromatic carbocycles. The third-order valence-corrected chi connectivity index (χ3v) is 9.20. The van der Waals surface area contributed by atoms with Gasteiger partial charge in [-0.3, -0.25) is 14.5 Å². The van der Waals surface area contributed by atoms with Gasteiger partial charge in [0.1, 0.15) is 12.2 Å². The van der Waals surface area contributed by atoms with E-state index >= 15 is 0 Å². The van der Waals surface area contributed by atoms with E-state index in [1.165, 1.54) is 26.9 Å². The molecule has 0 aromatic heterocycles. The quantitative estimate of drug-likeness (QED) is 0.607. The number of esters is 2. The third kappa shape index (κ3) is 4.30. The lowest BCUT2D eigenvalue weighted by Crippen LogP contribution is -2.75. The van der Waals surface area contributed by atoms with Crippen LogP contribution < -0.4 is 4.74 Å². The lowest BCUT2D eigenvalue weighted by atomic mass is 9.47. The first-order valence-electron chi connectivity index (χ1n) is 13.3. The molecule has 0 amide bonds. The third-order valence-electron chi connectivity index (χ3n) is 9.20. The predicted molar refractivity (Wildman–Crippen MR) is 130 cm³/mol. The second kappa shape index (κ2) is 9.64. The lowest BCUT2D eigenvalue weighted by molar-refractivity contribution is -0.249. The van der Waals surface area contributed by atoms with Crippen molar-refractivity contribution in [2.75, 3.05) is 20.2 Å². The van der Waals surface area contributed by atoms with E-state index in [0.717, 1.165) is 44.3 Å². The van der Waals surface area contributed by atoms with Crippen LogP contribution in [0.4, 0.5) is 0 Å². The zero-order valence-corrected chi connectivity index (χ0v) is 21.2. The number of carbonyl (C=O) groups excluding carboxylic acids is 2. The standard InChI is InChI=1S/C28H39NO6/c1-17-14-20-21-6-4-12-29-13-5-7-22(28(21,29)16-17)27(26(20)34-18(2)30)35-25(32)11-9-19-8-10-23(31)24(15-19)33-3/h8,10,15,17,20-22,26-27,31H,4-7,9,11-14,16H2,1-3H3. The van der Waals surface area contributed by atoms with Gasteiger partial charge >= 0.3 is 11.9 Å². The number of piperidine rings is 2. The van der Waals surface area contributed by atoms with Crippen molar-refractivity contribution in [3.63, 3.8) is 0 Å². The van der Waals surface area contributed by atoms with Crippen molar-refractivity contribution in [1.29, 1.82) is 0 Å². The summed E-state index contributed by atoms with van der Waals surface area (Å²) in [6.07, 6.45) is 6.59. The van der Waals surface area contributed by atoms with Crippen LogP contribution in [-0.2, 0) is 25.5 Å². The summed E-state index contributed by atoms with van der Waals surface area (Å²) in [4.78, 5) is 28.1. The van der Waals surface area contributed by atoms with Gasteiger partial charge in [0.2, 0.25) is 0 Å². The van der Waals surface area contributed by atoms with Crippen molar-refractivity contribution in [3.05, 3.63) is 23.8 Å². The number of phenols is 1. The van der Waals surface area contributed by atoms with Gasteiger partial charge in [0, 0.05) is 30.7 Å². The summed E-state index contributed by atoms with van der Waals surface area (Å²) in [7, 11) is 1.51. The van der Waals surface area contributed by atoms with E-state index in [0.29, 0.717) is 24.0 Å². The maximum Gasteiger partial charge on any atom is 0.306 e. The van der Waals surface area contributed by atoms with Crippen molar-refractivity contribution in [2.24, 2.45) is 23.7 Å². The van der Waals surface area contributed by atoms with Crippen LogP contribution in [-0.4, -0.2) is 59.9 Å². The first-order valence-corrected chi connectivity index (χ1v) is 13.3. The van der Waals surface area contributed by atoms with E-state index in [4.69, 9.17) is 14.2 Å². The molecule has 0 radical (unpaired) electrons. The number of ether oxygens (including phenoxy) is 3. The van der Waals surface area contributed by atoms with E-state index in [-0.39, 0.29) is 47.6 Å². The van der Waals surface area contributed by atoms with Gasteiger partial charge in [-0.25, -0.2) is 0 Å². The summed E-state index contributed by atoms with van der Waals surface area (Å²) in [5.41, 5.74) is 0.961. The number of carbonyl (C=O) groups is 2. The van der Waals surface area contributed by atoms with E-state index in [9.17, 15) is 14.7 Å². The van der Waals surface area contributed by atoms with E-state index in [2.05, 4.69) is 11.8 Å². The van der Waals surface area contributed by atoms with Crippen molar-refractivity contribution in [1.82, 2.24) is 4.90 Å². The first-order chi connectivity index (χ1) is 16.8. The minimum atomic E-state index is -0.393. The van der Waals surface area contributed by atoms with Crippen molar-refractivity contribution in [2.45, 2.75) is 83.0 Å². The Hall–Kier alpha value is -2.28. The molecular weight excluding hydrogens is 446 g/mol. The SMILES string of the molecule is COc1cc(CCC(=O)OC2C(OC(C)=O)C3CC(C)CC45C3CCCN4CCCC25)ccc1O. The number of phenolic OH excluding ortho intramolecular Hbond substituents is 1. The van der Waals surface area contributed by atoms with E-state index < -0.39 is 6.10 Å². The number of hydrogen-bond acceptors (Lipinski definition) is 7. The topological polar surface area (TPSA) is 85.3 Å². The molecule has 2 aliphatic heterocycles. The molecule has 7 heteroatoms. The molecular formula is C28H39NO6. The second-order valence-electron chi connectivity index (χ2n) is 11.2. The van der Waals surface area contributed by atoms with Crippen LogP contribution in [0, 0.1) is 23.7 Å². The summed E-state index contributed by atoms with van der Waals surface area (Å²) < 4.78 is 17.5. The Morgan fingerprint density at radius 2 is 1.86 bits per heavy atom. The molecule has 7 nitrogen and oxygen atoms in total. The maximum absolute atomic E-state index is 13.2. The molecule has 2 aliphatic carbocycles. The Kier molecular flexibility index (Phi) is 6.73. The van der Waals surface area contributed by atoms with Gasteiger partial charge in [0.25, 0.3) is 0 Å². The van der Waals surface area contributed by atoms with Gasteiger partial charge < -0.3 is 19.3 Å². The molecule has 2 saturated heterocycles. The molecule has 1 spiro atoms. The Labute approximate surface area is 208 Å². The Morgan fingerprint density at radius 3 is 2.57 bits per heavy atom. The van der Waals surface area contributed by atoms with Crippen molar-refractivity contribution >= 4 is 11.9 Å². The van der Waals surface area contributed by atoms with Crippen molar-refractivity contribution in [3.8, 4) is 11.5 Å². The number of aromatic hydroxyl groups is 1. The van der Waals surface area contributed by atoms with Crippen molar-refractivity contribution < 1.29 is 28.9 Å². The lowest BCUT2D eigenvalue weighted by Gasteiger charge is -2.69. The summed E-state index contributed by atoms with van der Waals surface area (Å²) in [5.74, 6) is 1.42. The maximum atomic E-state index is 13.2. The highest BCUT2D eigenvalue weighted by molar-refractivity contribution is 5.70. The van der Waals surface area contributed by atoms with Crippen LogP contribution in [0.15, 0.2) is 18.2 Å². The fourth-order valence-corrected chi connectivity index (χ4v) is 8.18. The number of rotatable bonds is 6. The number of nitrogens with zero attached hydrogens (tertiary/aromatic N) is 1. The molecule has 1 aromatic rings. The smallest absolute Gasteiger partial charge is 0.306 e. The Morgan fingerprint density at radius 1 is 1.11 bits per heavy atom. The van der Waals surface area contributed by atoms with Gasteiger partial charge in [-0.05, 0) is 87.6 Å². The molecule has 7 atom stereocenters. The van der Waals surface area contributed by atoms with Crippen LogP contribution in [0.1, 0.15) is 64.4 Å². The molecule has 1 N–H and O–H groups in total. The second-order valence-corrected chi connectivity index (χ2v) is 11.2. The highest BCUT2D eigenvalue weighted by Crippen LogP contribution is 2.61. The highest BCUT2D eigenvalue weighted by atomic mass is 16.6. The number of aryl methyl sites for hydroxylation is 1. The number of benzene rings is 1. The zero-order chi connectivity index (χ0) is 24.7. The van der Waals surface area contributed by atoms with E-state index in [1.807, 2.05) is 0 Å². The number of methoxy groups -OCH3 is 1. The Balaban J connectivity index is 1.39. The molecule has 35 heavy (non-hydrogen) atoms. The summed E-state index contributed by atoms with van der Waals surface area (Å²) in [6, 6.07) is 5.13. The highest BCUT2D eigenvalue weighted by Gasteiger charge is 2.67. The van der Waals surface area contributed by atoms with Crippen LogP contribution in [0.3, 0.4) is 0 Å². The largest absolute Gasteiger partial charge is 0.504 e. The monoisotopic (exact) mass is 485 g/mol. The molecule has 4 aliphatic rings. The predicted octanol–water partition coefficient (Wildman–Crippen LogP) is 4.10. The molecule has 192 valence electrons. The molecule has 2 heterocycles. The number of hydrogen-bond donors (Lipinski definition) is 1. The minimum Gasteiger partial charge on any atom is -0.504 e. The summed E-state index contributed by atoms with van der Waals surface area (Å²) in [6.45, 7) is 6.04. The Bertz CT molecular complexity index is 963. The van der Waals surface area contributed by atoms with Gasteiger partial charge in [-0.15, -0.1) is 0 Å². The van der Waals surface area contributed by atoms with Crippen LogP contribution >= 0.6 is 0 Å².